The summed E-state index contributed by atoms with van der Waals surface area (Å²) in [6.45, 7) is 7.76. The Balaban J connectivity index is 0.000000135. The van der Waals surface area contributed by atoms with Gasteiger partial charge in [-0.05, 0) is 0 Å². The number of para-hydroxylation sites is 6. The van der Waals surface area contributed by atoms with Crippen LogP contribution in [0.1, 0.15) is 5.56 Å². The van der Waals surface area contributed by atoms with E-state index in [-0.39, 0.29) is 0 Å². The number of rotatable bonds is 2. The molecule has 0 saturated heterocycles. The topological polar surface area (TPSA) is 60.4 Å². The molecule has 0 N–H and O–H groups in total. The molecule has 0 unspecified atom stereocenters. The van der Waals surface area contributed by atoms with Gasteiger partial charge >= 0.3 is 403 Å². The maximum absolute atomic E-state index is 9.86. The van der Waals surface area contributed by atoms with E-state index in [2.05, 4.69) is 221 Å². The number of fused-ring (bicyclic) bond motifs is 18. The molecule has 2 aromatic heterocycles. The Kier molecular flexibility index (Phi) is 9.23. The Labute approximate surface area is 400 Å². The van der Waals surface area contributed by atoms with Gasteiger partial charge in [-0.25, -0.2) is 0 Å². The van der Waals surface area contributed by atoms with Crippen molar-refractivity contribution in [1.29, 1.82) is 5.26 Å². The summed E-state index contributed by atoms with van der Waals surface area (Å²) >= 11 is -6.84. The van der Waals surface area contributed by atoms with Crippen LogP contribution in [0.3, 0.4) is 0 Å². The van der Waals surface area contributed by atoms with Gasteiger partial charge in [-0.3, -0.25) is 0 Å². The number of benzene rings is 8. The quantitative estimate of drug-likeness (QED) is 0.128. The molecule has 0 atom stereocenters. The summed E-state index contributed by atoms with van der Waals surface area (Å²) in [5, 5.41) is 9.86. The van der Waals surface area contributed by atoms with Crippen LogP contribution >= 0.6 is 0 Å². The number of pyridine rings is 2. The zero-order valence-corrected chi connectivity index (χ0v) is 40.8. The molecule has 0 amide bonds. The summed E-state index contributed by atoms with van der Waals surface area (Å²) < 4.78 is 10.9. The third kappa shape index (κ3) is 5.50. The first-order chi connectivity index (χ1) is 33.7. The summed E-state index contributed by atoms with van der Waals surface area (Å²) in [5.41, 5.74) is 13.0. The van der Waals surface area contributed by atoms with Crippen LogP contribution < -0.4 is 45.0 Å². The molecule has 14 rings (SSSR count). The van der Waals surface area contributed by atoms with Gasteiger partial charge in [0.2, 0.25) is 0 Å². The molecule has 8 aromatic carbocycles. The van der Waals surface area contributed by atoms with Crippen molar-refractivity contribution in [1.82, 2.24) is 9.97 Å². The van der Waals surface area contributed by atoms with E-state index in [0.29, 0.717) is 11.3 Å². The second-order valence-corrected chi connectivity index (χ2v) is 32.8. The van der Waals surface area contributed by atoms with Gasteiger partial charge in [0.15, 0.2) is 0 Å². The number of nitrogens with zero attached hydrogens (tertiary/aromatic N) is 6. The molecule has 6 heterocycles. The van der Waals surface area contributed by atoms with Crippen LogP contribution in [0.5, 0.6) is 0 Å². The molecule has 8 heteroatoms. The number of anilines is 6. The number of aromatic nitrogens is 2. The van der Waals surface area contributed by atoms with Gasteiger partial charge in [0.1, 0.15) is 0 Å². The third-order valence-electron chi connectivity index (χ3n) is 14.3. The second-order valence-electron chi connectivity index (χ2n) is 17.4. The van der Waals surface area contributed by atoms with Gasteiger partial charge in [-0.15, -0.1) is 0 Å². The van der Waals surface area contributed by atoms with E-state index in [1.807, 2.05) is 30.6 Å². The minimum atomic E-state index is -3.57. The van der Waals surface area contributed by atoms with Gasteiger partial charge in [0.25, 0.3) is 0 Å². The average Bonchev–Trinajstić information content (AvgIpc) is 3.87. The fourth-order valence-electron chi connectivity index (χ4n) is 11.8. The molecule has 10 aromatic rings. The van der Waals surface area contributed by atoms with Crippen LogP contribution in [0.4, 0.5) is 39.8 Å². The summed E-state index contributed by atoms with van der Waals surface area (Å²) in [4.78, 5) is 18.3. The molecule has 4 aliphatic heterocycles. The van der Waals surface area contributed by atoms with Crippen molar-refractivity contribution in [3.8, 4) is 28.6 Å². The molecular weight excluding hydrogens is 950 g/mol. The molecule has 316 valence electrons. The molecule has 68 heavy (non-hydrogen) atoms. The molecule has 0 bridgehead atoms. The Morgan fingerprint density at radius 3 is 1.22 bits per heavy atom. The zero-order valence-electron chi connectivity index (χ0n) is 36.6. The molecule has 0 saturated carbocycles. The molecule has 0 radical (unpaired) electrons. The Hall–Kier alpha value is -8.27. The minimum absolute atomic E-state index is 0.660. The van der Waals surface area contributed by atoms with Crippen molar-refractivity contribution in [3.63, 3.8) is 0 Å². The Morgan fingerprint density at radius 1 is 0.397 bits per heavy atom. The van der Waals surface area contributed by atoms with Gasteiger partial charge < -0.3 is 0 Å². The monoisotopic (exact) mass is 990 g/mol. The van der Waals surface area contributed by atoms with E-state index in [4.69, 9.17) is 16.5 Å². The normalized spacial score (nSPS) is 14.0. The number of hydrogen-bond donors (Lipinski definition) is 0. The summed E-state index contributed by atoms with van der Waals surface area (Å²) in [5.74, 6) is 0. The van der Waals surface area contributed by atoms with Crippen LogP contribution in [0.15, 0.2) is 231 Å². The predicted molar refractivity (Wildman–Crippen MR) is 281 cm³/mol. The second kappa shape index (κ2) is 15.7. The van der Waals surface area contributed by atoms with Gasteiger partial charge in [0, 0.05) is 0 Å². The van der Waals surface area contributed by atoms with Crippen LogP contribution in [0, 0.1) is 17.9 Å². The SMILES string of the molecule is [C-]#[N+]c1ccc2[c](c1)[Ge]1([c]3cc(C#N)ccc3-2)[c]2ccccc2N(c2ccccc2)c2cccc[c]21.c1ccc(N2c3cccc[c]3[Ge]3([c]4ccccc42)[c]2cccnc2-c2nccc[c]23)cc1. The summed E-state index contributed by atoms with van der Waals surface area (Å²) in [6, 6.07) is 80.1. The molecule has 0 fully saturated rings. The average molecular weight is 988 g/mol. The van der Waals surface area contributed by atoms with Crippen molar-refractivity contribution in [2.75, 3.05) is 9.80 Å². The van der Waals surface area contributed by atoms with E-state index < -0.39 is 26.5 Å². The summed E-state index contributed by atoms with van der Waals surface area (Å²) in [7, 11) is 0. The van der Waals surface area contributed by atoms with Crippen molar-refractivity contribution < 1.29 is 0 Å². The van der Waals surface area contributed by atoms with Gasteiger partial charge in [0.05, 0.1) is 0 Å². The predicted octanol–water partition coefficient (Wildman–Crippen LogP) is 8.87. The molecule has 4 aliphatic rings. The van der Waals surface area contributed by atoms with E-state index in [9.17, 15) is 5.26 Å². The first-order valence-electron chi connectivity index (χ1n) is 22.7. The van der Waals surface area contributed by atoms with Crippen LogP contribution in [-0.4, -0.2) is 36.5 Å². The van der Waals surface area contributed by atoms with Crippen LogP contribution in [-0.2, 0) is 0 Å². The van der Waals surface area contributed by atoms with Crippen LogP contribution in [0.2, 0.25) is 0 Å². The van der Waals surface area contributed by atoms with Crippen molar-refractivity contribution in [2.45, 2.75) is 0 Å². The van der Waals surface area contributed by atoms with Crippen LogP contribution in [0.25, 0.3) is 27.4 Å². The fraction of sp³-hybridized carbons (Fsp3) is 0. The third-order valence-corrected chi connectivity index (χ3v) is 34.8. The molecule has 2 spiro atoms. The van der Waals surface area contributed by atoms with Gasteiger partial charge in [-0.1, -0.05) is 0 Å². The van der Waals surface area contributed by atoms with E-state index in [1.165, 1.54) is 74.7 Å². The van der Waals surface area contributed by atoms with E-state index in [0.717, 1.165) is 17.1 Å². The van der Waals surface area contributed by atoms with Crippen molar-refractivity contribution in [3.05, 3.63) is 248 Å². The van der Waals surface area contributed by atoms with Crippen molar-refractivity contribution >= 4 is 102 Å². The van der Waals surface area contributed by atoms with Gasteiger partial charge in [-0.2, -0.15) is 0 Å². The summed E-state index contributed by atoms with van der Waals surface area (Å²) in [6.07, 6.45) is 3.80. The first-order valence-corrected chi connectivity index (χ1v) is 31.1. The Morgan fingerprint density at radius 2 is 0.779 bits per heavy atom. The van der Waals surface area contributed by atoms with Crippen molar-refractivity contribution in [2.24, 2.45) is 0 Å². The van der Waals surface area contributed by atoms with E-state index in [1.54, 1.807) is 0 Å². The first kappa shape index (κ1) is 40.0. The van der Waals surface area contributed by atoms with E-state index >= 15 is 0 Å². The standard InChI is InChI=1S/C32H19GeN3.C28H19GeN3/c1-35-23-16-18-26-25-17-15-22(21-34)19-29(25)33(30(26)20-23)27-11-5-7-13-31(27)36(24-9-3-2-4-10-24)32-14-8-6-12-28(32)33;1-2-10-20(11-3-1)32-25-16-6-4-12-21(25)29(22-13-5-7-17-26(22)32)23-14-8-18-30-27(23)28-24(29)15-9-19-31-28/h2-20H;1-19H. The fourth-order valence-corrected chi connectivity index (χ4v) is 34.7. The Bertz CT molecular complexity index is 3560. The zero-order chi connectivity index (χ0) is 45.4. The number of hydrogen-bond acceptors (Lipinski definition) is 5. The molecular formula is C60H38Ge2N6. The molecule has 0 aliphatic carbocycles. The molecule has 6 nitrogen and oxygen atoms in total. The number of nitriles is 1. The maximum atomic E-state index is 9.86.